The summed E-state index contributed by atoms with van der Waals surface area (Å²) in [6.07, 6.45) is 8.39. The maximum atomic E-state index is 5.91. The molecule has 0 aromatic heterocycles. The van der Waals surface area contributed by atoms with E-state index in [1.165, 1.54) is 45.3 Å². The van der Waals surface area contributed by atoms with Crippen LogP contribution in [0.2, 0.25) is 0 Å². The van der Waals surface area contributed by atoms with Gasteiger partial charge in [0.25, 0.3) is 0 Å². The van der Waals surface area contributed by atoms with Crippen molar-refractivity contribution in [3.63, 3.8) is 0 Å². The predicted molar refractivity (Wildman–Crippen MR) is 85.7 cm³/mol. The van der Waals surface area contributed by atoms with Gasteiger partial charge in [-0.05, 0) is 65.1 Å². The number of rotatable bonds is 6. The molecule has 3 atom stereocenters. The molecule has 0 spiro atoms. The van der Waals surface area contributed by atoms with Crippen molar-refractivity contribution in [3.05, 3.63) is 0 Å². The summed E-state index contributed by atoms with van der Waals surface area (Å²) in [5, 5.41) is 6.94. The van der Waals surface area contributed by atoms with Crippen molar-refractivity contribution < 1.29 is 4.74 Å². The first-order chi connectivity index (χ1) is 10.3. The highest BCUT2D eigenvalue weighted by atomic mass is 16.5. The lowest BCUT2D eigenvalue weighted by atomic mass is 9.96. The molecular formula is C16H30N4O. The average Bonchev–Trinajstić information content (AvgIpc) is 3.21. The molecule has 21 heavy (non-hydrogen) atoms. The molecule has 3 rings (SSSR count). The van der Waals surface area contributed by atoms with Gasteiger partial charge in [-0.2, -0.15) is 0 Å². The number of ether oxygens (including phenoxy) is 1. The summed E-state index contributed by atoms with van der Waals surface area (Å²) in [5.41, 5.74) is 0. The van der Waals surface area contributed by atoms with Crippen LogP contribution in [0, 0.1) is 0 Å². The van der Waals surface area contributed by atoms with Gasteiger partial charge in [-0.15, -0.1) is 0 Å². The lowest BCUT2D eigenvalue weighted by molar-refractivity contribution is 0.0992. The van der Waals surface area contributed by atoms with Crippen LogP contribution >= 0.6 is 0 Å². The Hall–Kier alpha value is -0.810. The first kappa shape index (κ1) is 15.1. The third-order valence-electron chi connectivity index (χ3n) is 4.87. The van der Waals surface area contributed by atoms with E-state index in [2.05, 4.69) is 22.5 Å². The molecule has 3 aliphatic heterocycles. The lowest BCUT2D eigenvalue weighted by Gasteiger charge is -2.22. The fourth-order valence-electron chi connectivity index (χ4n) is 3.78. The second-order valence-corrected chi connectivity index (χ2v) is 6.52. The topological polar surface area (TPSA) is 48.9 Å². The summed E-state index contributed by atoms with van der Waals surface area (Å²) in [4.78, 5) is 7.29. The van der Waals surface area contributed by atoms with Crippen LogP contribution in [-0.2, 0) is 4.74 Å². The monoisotopic (exact) mass is 294 g/mol. The van der Waals surface area contributed by atoms with Gasteiger partial charge in [-0.25, -0.2) is 0 Å². The molecule has 0 aromatic rings. The Morgan fingerprint density at radius 2 is 2.14 bits per heavy atom. The molecule has 2 N–H and O–H groups in total. The van der Waals surface area contributed by atoms with Gasteiger partial charge in [0.05, 0.1) is 18.2 Å². The number of nitrogens with one attached hydrogen (secondary N) is 2. The van der Waals surface area contributed by atoms with Gasteiger partial charge in [-0.1, -0.05) is 0 Å². The number of fused-ring (bicyclic) bond motifs is 2. The van der Waals surface area contributed by atoms with Crippen molar-refractivity contribution in [3.8, 4) is 0 Å². The van der Waals surface area contributed by atoms with Gasteiger partial charge in [-0.3, -0.25) is 4.99 Å². The van der Waals surface area contributed by atoms with Crippen LogP contribution in [0.3, 0.4) is 0 Å². The van der Waals surface area contributed by atoms with Crippen molar-refractivity contribution in [2.24, 2.45) is 4.99 Å². The summed E-state index contributed by atoms with van der Waals surface area (Å²) >= 11 is 0. The molecule has 120 valence electrons. The van der Waals surface area contributed by atoms with Crippen LogP contribution < -0.4 is 10.6 Å². The fourth-order valence-corrected chi connectivity index (χ4v) is 3.78. The SMILES string of the molecule is CCNC(=NCCCN1CCCC1)NC1CC2CCC1O2. The Balaban J connectivity index is 1.41. The van der Waals surface area contributed by atoms with Gasteiger partial charge in [0.2, 0.25) is 0 Å². The van der Waals surface area contributed by atoms with Crippen LogP contribution in [0.5, 0.6) is 0 Å². The number of likely N-dealkylation sites (tertiary alicyclic amines) is 1. The fraction of sp³-hybridized carbons (Fsp3) is 0.938. The van der Waals surface area contributed by atoms with E-state index in [1.54, 1.807) is 0 Å². The molecule has 0 aliphatic carbocycles. The smallest absolute Gasteiger partial charge is 0.191 e. The highest BCUT2D eigenvalue weighted by molar-refractivity contribution is 5.80. The van der Waals surface area contributed by atoms with E-state index in [0.29, 0.717) is 18.2 Å². The summed E-state index contributed by atoms with van der Waals surface area (Å²) < 4.78 is 5.91. The van der Waals surface area contributed by atoms with Gasteiger partial charge < -0.3 is 20.3 Å². The Labute approximate surface area is 128 Å². The average molecular weight is 294 g/mol. The van der Waals surface area contributed by atoms with E-state index < -0.39 is 0 Å². The number of hydrogen-bond acceptors (Lipinski definition) is 3. The number of guanidine groups is 1. The van der Waals surface area contributed by atoms with Gasteiger partial charge in [0.15, 0.2) is 5.96 Å². The van der Waals surface area contributed by atoms with Crippen molar-refractivity contribution in [2.45, 2.75) is 63.7 Å². The third kappa shape index (κ3) is 4.10. The molecule has 0 amide bonds. The number of nitrogens with zero attached hydrogens (tertiary/aromatic N) is 2. The molecule has 0 radical (unpaired) electrons. The molecule has 3 unspecified atom stereocenters. The van der Waals surface area contributed by atoms with E-state index in [-0.39, 0.29) is 0 Å². The second-order valence-electron chi connectivity index (χ2n) is 6.52. The molecule has 5 heteroatoms. The van der Waals surface area contributed by atoms with Gasteiger partial charge in [0.1, 0.15) is 0 Å². The lowest BCUT2D eigenvalue weighted by Crippen LogP contribution is -2.47. The maximum Gasteiger partial charge on any atom is 0.191 e. The standard InChI is InChI=1S/C16H30N4O/c1-2-17-16(18-8-5-11-20-9-3-4-10-20)19-14-12-13-6-7-15(14)21-13/h13-15H,2-12H2,1H3,(H2,17,18,19). The van der Waals surface area contributed by atoms with Crippen LogP contribution in [0.15, 0.2) is 4.99 Å². The van der Waals surface area contributed by atoms with Crippen LogP contribution in [-0.4, -0.2) is 61.8 Å². The Bertz CT molecular complexity index is 354. The molecule has 3 fully saturated rings. The van der Waals surface area contributed by atoms with E-state index >= 15 is 0 Å². The van der Waals surface area contributed by atoms with Crippen molar-refractivity contribution >= 4 is 5.96 Å². The number of aliphatic imine (C=N–C) groups is 1. The second kappa shape index (κ2) is 7.45. The first-order valence-corrected chi connectivity index (χ1v) is 8.78. The molecule has 3 heterocycles. The van der Waals surface area contributed by atoms with Crippen molar-refractivity contribution in [2.75, 3.05) is 32.7 Å². The summed E-state index contributed by atoms with van der Waals surface area (Å²) in [6, 6.07) is 0.458. The van der Waals surface area contributed by atoms with Crippen molar-refractivity contribution in [1.82, 2.24) is 15.5 Å². The minimum absolute atomic E-state index is 0.406. The molecule has 3 aliphatic rings. The highest BCUT2D eigenvalue weighted by Crippen LogP contribution is 2.34. The van der Waals surface area contributed by atoms with E-state index in [1.807, 2.05) is 0 Å². The first-order valence-electron chi connectivity index (χ1n) is 8.78. The summed E-state index contributed by atoms with van der Waals surface area (Å²) in [6.45, 7) is 7.71. The molecular weight excluding hydrogens is 264 g/mol. The molecule has 0 aromatic carbocycles. The predicted octanol–water partition coefficient (Wildman–Crippen LogP) is 1.35. The highest BCUT2D eigenvalue weighted by Gasteiger charge is 2.41. The minimum atomic E-state index is 0.406. The molecule has 2 bridgehead atoms. The van der Waals surface area contributed by atoms with Crippen LogP contribution in [0.1, 0.15) is 45.4 Å². The third-order valence-corrected chi connectivity index (χ3v) is 4.87. The van der Waals surface area contributed by atoms with E-state index in [4.69, 9.17) is 9.73 Å². The number of hydrogen-bond donors (Lipinski definition) is 2. The van der Waals surface area contributed by atoms with E-state index in [9.17, 15) is 0 Å². The maximum absolute atomic E-state index is 5.91. The zero-order valence-electron chi connectivity index (χ0n) is 13.3. The minimum Gasteiger partial charge on any atom is -0.373 e. The Kier molecular flexibility index (Phi) is 5.36. The van der Waals surface area contributed by atoms with Gasteiger partial charge >= 0.3 is 0 Å². The summed E-state index contributed by atoms with van der Waals surface area (Å²) in [7, 11) is 0. The zero-order valence-corrected chi connectivity index (χ0v) is 13.3. The molecule has 5 nitrogen and oxygen atoms in total. The van der Waals surface area contributed by atoms with Crippen LogP contribution in [0.4, 0.5) is 0 Å². The largest absolute Gasteiger partial charge is 0.373 e. The molecule has 0 saturated carbocycles. The molecule has 3 saturated heterocycles. The Morgan fingerprint density at radius 1 is 1.29 bits per heavy atom. The summed E-state index contributed by atoms with van der Waals surface area (Å²) in [5.74, 6) is 0.972. The van der Waals surface area contributed by atoms with Gasteiger partial charge in [0, 0.05) is 13.1 Å². The zero-order chi connectivity index (χ0) is 14.5. The quantitative estimate of drug-likeness (QED) is 0.441. The Morgan fingerprint density at radius 3 is 2.81 bits per heavy atom. The normalized spacial score (nSPS) is 32.8. The van der Waals surface area contributed by atoms with E-state index in [0.717, 1.165) is 31.9 Å². The van der Waals surface area contributed by atoms with Crippen molar-refractivity contribution in [1.29, 1.82) is 0 Å². The van der Waals surface area contributed by atoms with Crippen LogP contribution in [0.25, 0.3) is 0 Å².